The molecule has 1 N–H and O–H groups in total. The van der Waals surface area contributed by atoms with E-state index in [1.807, 2.05) is 13.8 Å². The van der Waals surface area contributed by atoms with Crippen molar-refractivity contribution >= 4 is 28.2 Å². The summed E-state index contributed by atoms with van der Waals surface area (Å²) in [5, 5.41) is 3.59. The monoisotopic (exact) mass is 445 g/mol. The van der Waals surface area contributed by atoms with Crippen molar-refractivity contribution in [2.45, 2.75) is 52.0 Å². The highest BCUT2D eigenvalue weighted by Gasteiger charge is 2.50. The fourth-order valence-electron chi connectivity index (χ4n) is 7.14. The molecule has 0 atom stereocenters. The van der Waals surface area contributed by atoms with Crippen LogP contribution in [0.2, 0.25) is 0 Å². The number of hydrogen-bond acceptors (Lipinski definition) is 6. The number of methoxy groups -OCH3 is 1. The van der Waals surface area contributed by atoms with E-state index < -0.39 is 0 Å². The number of esters is 1. The van der Waals surface area contributed by atoms with E-state index in [0.29, 0.717) is 17.1 Å². The number of nitrogens with zero attached hydrogens (tertiary/aromatic N) is 2. The maximum Gasteiger partial charge on any atom is 0.341 e. The minimum atomic E-state index is -0.388. The van der Waals surface area contributed by atoms with Gasteiger partial charge in [0.1, 0.15) is 5.00 Å². The molecule has 0 unspecified atom stereocenters. The summed E-state index contributed by atoms with van der Waals surface area (Å²) < 4.78 is 4.91. The molecule has 1 amide bonds. The molecule has 1 saturated heterocycles. The first-order valence-corrected chi connectivity index (χ1v) is 12.7. The predicted octanol–water partition coefficient (Wildman–Crippen LogP) is 3.53. The summed E-state index contributed by atoms with van der Waals surface area (Å²) in [4.78, 5) is 30.9. The van der Waals surface area contributed by atoms with Gasteiger partial charge in [-0.1, -0.05) is 0 Å². The Labute approximate surface area is 189 Å². The van der Waals surface area contributed by atoms with Crippen LogP contribution in [0, 0.1) is 37.5 Å². The van der Waals surface area contributed by atoms with Gasteiger partial charge in [0.25, 0.3) is 0 Å². The van der Waals surface area contributed by atoms with Crippen molar-refractivity contribution in [3.63, 3.8) is 0 Å². The van der Waals surface area contributed by atoms with Gasteiger partial charge in [-0.15, -0.1) is 11.3 Å². The van der Waals surface area contributed by atoms with E-state index >= 15 is 0 Å². The van der Waals surface area contributed by atoms with Gasteiger partial charge in [0.05, 0.1) is 19.2 Å². The zero-order chi connectivity index (χ0) is 21.7. The average molecular weight is 446 g/mol. The lowest BCUT2D eigenvalue weighted by molar-refractivity contribution is -0.118. The van der Waals surface area contributed by atoms with E-state index in [1.165, 1.54) is 50.6 Å². The second-order valence-corrected chi connectivity index (χ2v) is 11.5. The minimum Gasteiger partial charge on any atom is -0.465 e. The molecule has 5 aliphatic rings. The number of amides is 1. The minimum absolute atomic E-state index is 0.0468. The molecule has 6 nitrogen and oxygen atoms in total. The molecule has 1 aromatic heterocycles. The van der Waals surface area contributed by atoms with Crippen LogP contribution in [0.4, 0.5) is 5.00 Å². The van der Waals surface area contributed by atoms with E-state index in [9.17, 15) is 9.59 Å². The Morgan fingerprint density at radius 3 is 2.19 bits per heavy atom. The molecular formula is C24H35N3O3S. The van der Waals surface area contributed by atoms with Crippen LogP contribution in [0.1, 0.15) is 52.9 Å². The molecule has 0 spiro atoms. The molecule has 4 saturated carbocycles. The quantitative estimate of drug-likeness (QED) is 0.703. The number of ether oxygens (including phenoxy) is 1. The molecule has 4 bridgehead atoms. The standard InChI is InChI=1S/C24H35N3O3S/c1-14-15(2)31-23(21(14)24(29)30-3)25-20(28)13-26-4-6-27(7-5-26)22-18-9-16-8-17(11-18)12-19(22)10-16/h16-19,22H,4-13H2,1-3H3,(H,25,28). The number of nitrogens with one attached hydrogen (secondary N) is 1. The van der Waals surface area contributed by atoms with Crippen LogP contribution in [0.3, 0.4) is 0 Å². The van der Waals surface area contributed by atoms with Crippen molar-refractivity contribution in [2.24, 2.45) is 23.7 Å². The molecule has 1 aliphatic heterocycles. The van der Waals surface area contributed by atoms with Crippen LogP contribution in [-0.2, 0) is 9.53 Å². The van der Waals surface area contributed by atoms with Crippen LogP contribution >= 0.6 is 11.3 Å². The van der Waals surface area contributed by atoms with Crippen molar-refractivity contribution in [3.8, 4) is 0 Å². The summed E-state index contributed by atoms with van der Waals surface area (Å²) in [6, 6.07) is 0.795. The molecule has 6 rings (SSSR count). The number of anilines is 1. The van der Waals surface area contributed by atoms with Gasteiger partial charge in [-0.05, 0) is 75.2 Å². The first-order chi connectivity index (χ1) is 14.9. The lowest BCUT2D eigenvalue weighted by atomic mass is 9.54. The smallest absolute Gasteiger partial charge is 0.341 e. The number of thiophene rings is 1. The second kappa shape index (κ2) is 8.49. The molecule has 170 valence electrons. The van der Waals surface area contributed by atoms with E-state index in [4.69, 9.17) is 4.74 Å². The van der Waals surface area contributed by atoms with E-state index in [-0.39, 0.29) is 11.9 Å². The van der Waals surface area contributed by atoms with Crippen molar-refractivity contribution in [3.05, 3.63) is 16.0 Å². The third-order valence-electron chi connectivity index (χ3n) is 8.40. The number of carbonyl (C=O) groups is 2. The summed E-state index contributed by atoms with van der Waals surface area (Å²) in [7, 11) is 1.38. The van der Waals surface area contributed by atoms with Gasteiger partial charge in [0.15, 0.2) is 0 Å². The number of rotatable bonds is 5. The molecule has 2 heterocycles. The Morgan fingerprint density at radius 1 is 1.00 bits per heavy atom. The topological polar surface area (TPSA) is 61.9 Å². The Balaban J connectivity index is 1.15. The average Bonchev–Trinajstić information content (AvgIpc) is 3.01. The van der Waals surface area contributed by atoms with Gasteiger partial charge < -0.3 is 10.1 Å². The Kier molecular flexibility index (Phi) is 5.86. The molecule has 7 heteroatoms. The molecular weight excluding hydrogens is 410 g/mol. The molecule has 0 aromatic carbocycles. The number of carbonyl (C=O) groups excluding carboxylic acids is 2. The van der Waals surface area contributed by atoms with Gasteiger partial charge in [-0.2, -0.15) is 0 Å². The Morgan fingerprint density at radius 2 is 1.61 bits per heavy atom. The zero-order valence-corrected chi connectivity index (χ0v) is 19.8. The maximum atomic E-state index is 12.7. The van der Waals surface area contributed by atoms with Gasteiger partial charge in [-0.25, -0.2) is 4.79 Å². The van der Waals surface area contributed by atoms with Crippen LogP contribution < -0.4 is 5.32 Å². The van der Waals surface area contributed by atoms with Gasteiger partial charge >= 0.3 is 5.97 Å². The van der Waals surface area contributed by atoms with E-state index in [1.54, 1.807) is 0 Å². The van der Waals surface area contributed by atoms with Crippen molar-refractivity contribution in [2.75, 3.05) is 45.2 Å². The summed E-state index contributed by atoms with van der Waals surface area (Å²) in [5.74, 6) is 3.45. The van der Waals surface area contributed by atoms with Gasteiger partial charge in [0.2, 0.25) is 5.91 Å². The fourth-order valence-corrected chi connectivity index (χ4v) is 8.21. The van der Waals surface area contributed by atoms with Gasteiger partial charge in [-0.3, -0.25) is 14.6 Å². The lowest BCUT2D eigenvalue weighted by Crippen LogP contribution is -2.60. The van der Waals surface area contributed by atoms with Crippen LogP contribution in [-0.4, -0.2) is 67.6 Å². The van der Waals surface area contributed by atoms with Crippen LogP contribution in [0.5, 0.6) is 0 Å². The highest BCUT2D eigenvalue weighted by Crippen LogP contribution is 2.55. The molecule has 1 aromatic rings. The summed E-state index contributed by atoms with van der Waals surface area (Å²) in [6.45, 7) is 8.29. The number of hydrogen-bond donors (Lipinski definition) is 1. The first kappa shape index (κ1) is 21.4. The lowest BCUT2D eigenvalue weighted by Gasteiger charge is -2.58. The number of aryl methyl sites for hydroxylation is 1. The van der Waals surface area contributed by atoms with Crippen LogP contribution in [0.25, 0.3) is 0 Å². The third-order valence-corrected chi connectivity index (χ3v) is 9.52. The highest BCUT2D eigenvalue weighted by molar-refractivity contribution is 7.16. The summed E-state index contributed by atoms with van der Waals surface area (Å²) in [5.41, 5.74) is 1.38. The summed E-state index contributed by atoms with van der Waals surface area (Å²) in [6.07, 6.45) is 7.35. The van der Waals surface area contributed by atoms with E-state index in [2.05, 4.69) is 15.1 Å². The maximum absolute atomic E-state index is 12.7. The zero-order valence-electron chi connectivity index (χ0n) is 19.0. The normalized spacial score (nSPS) is 32.9. The SMILES string of the molecule is COC(=O)c1c(NC(=O)CN2CCN(C3C4CC5CC(C4)CC3C5)CC2)sc(C)c1C. The molecule has 31 heavy (non-hydrogen) atoms. The predicted molar refractivity (Wildman–Crippen MR) is 123 cm³/mol. The molecule has 0 radical (unpaired) electrons. The van der Waals surface area contributed by atoms with Crippen LogP contribution in [0.15, 0.2) is 0 Å². The van der Waals surface area contributed by atoms with Gasteiger partial charge in [0, 0.05) is 37.1 Å². The summed E-state index contributed by atoms with van der Waals surface area (Å²) >= 11 is 1.45. The van der Waals surface area contributed by atoms with Crippen molar-refractivity contribution in [1.29, 1.82) is 0 Å². The Hall–Kier alpha value is -1.44. The first-order valence-electron chi connectivity index (χ1n) is 11.9. The fraction of sp³-hybridized carbons (Fsp3) is 0.750. The largest absolute Gasteiger partial charge is 0.465 e. The third kappa shape index (κ3) is 4.05. The highest BCUT2D eigenvalue weighted by atomic mass is 32.1. The van der Waals surface area contributed by atoms with E-state index in [0.717, 1.165) is 66.3 Å². The van der Waals surface area contributed by atoms with Crippen molar-refractivity contribution in [1.82, 2.24) is 9.80 Å². The van der Waals surface area contributed by atoms with Crippen molar-refractivity contribution < 1.29 is 14.3 Å². The molecule has 4 aliphatic carbocycles. The Bertz CT molecular complexity index is 830. The molecule has 5 fully saturated rings. The second-order valence-electron chi connectivity index (χ2n) is 10.3. The number of piperazine rings is 1.